The first kappa shape index (κ1) is 12.1. The van der Waals surface area contributed by atoms with Crippen LogP contribution in [0.5, 0.6) is 0 Å². The molecule has 0 unspecified atom stereocenters. The van der Waals surface area contributed by atoms with Gasteiger partial charge in [0.05, 0.1) is 5.69 Å². The quantitative estimate of drug-likeness (QED) is 0.771. The molecule has 20 heavy (non-hydrogen) atoms. The zero-order valence-corrected chi connectivity index (χ0v) is 10.4. The third kappa shape index (κ3) is 2.05. The van der Waals surface area contributed by atoms with E-state index in [4.69, 9.17) is 0 Å². The van der Waals surface area contributed by atoms with E-state index >= 15 is 0 Å². The van der Waals surface area contributed by atoms with Crippen LogP contribution >= 0.6 is 0 Å². The Balaban J connectivity index is 2.17. The van der Waals surface area contributed by atoms with Gasteiger partial charge in [0.15, 0.2) is 0 Å². The predicted octanol–water partition coefficient (Wildman–Crippen LogP) is 1.60. The molecule has 5 heteroatoms. The molecule has 1 aliphatic rings. The van der Waals surface area contributed by atoms with Crippen LogP contribution in [-0.2, 0) is 9.59 Å². The molecule has 0 aromatic carbocycles. The highest BCUT2D eigenvalue weighted by molar-refractivity contribution is 6.71. The minimum absolute atomic E-state index is 0.0544. The Kier molecular flexibility index (Phi) is 3.01. The van der Waals surface area contributed by atoms with Gasteiger partial charge < -0.3 is 0 Å². The average Bonchev–Trinajstić information content (AvgIpc) is 2.51. The number of hydrogen-bond donors (Lipinski definition) is 0. The number of aromatic nitrogens is 2. The maximum Gasteiger partial charge on any atom is 0.253 e. The molecule has 5 nitrogen and oxygen atoms in total. The van der Waals surface area contributed by atoms with Crippen LogP contribution in [0.3, 0.4) is 0 Å². The molecule has 3 heterocycles. The molecule has 0 aliphatic carbocycles. The van der Waals surface area contributed by atoms with E-state index in [9.17, 15) is 9.59 Å². The molecule has 0 atom stereocenters. The minimum atomic E-state index is -0.650. The van der Waals surface area contributed by atoms with Gasteiger partial charge in [0, 0.05) is 30.2 Å². The average molecular weight is 263 g/mol. The molecule has 0 spiro atoms. The number of pyridine rings is 2. The van der Waals surface area contributed by atoms with Crippen molar-refractivity contribution in [1.29, 1.82) is 0 Å². The lowest BCUT2D eigenvalue weighted by Gasteiger charge is -2.10. The number of ketones is 2. The maximum atomic E-state index is 11.9. The summed E-state index contributed by atoms with van der Waals surface area (Å²) in [5, 5.41) is 0. The Morgan fingerprint density at radius 2 is 1.75 bits per heavy atom. The van der Waals surface area contributed by atoms with Crippen LogP contribution in [0.1, 0.15) is 5.69 Å². The van der Waals surface area contributed by atoms with Gasteiger partial charge in [-0.25, -0.2) is 0 Å². The van der Waals surface area contributed by atoms with Gasteiger partial charge in [-0.15, -0.1) is 0 Å². The zero-order chi connectivity index (χ0) is 13.9. The fourth-order valence-corrected chi connectivity index (χ4v) is 1.92. The van der Waals surface area contributed by atoms with E-state index in [1.54, 1.807) is 30.6 Å². The summed E-state index contributed by atoms with van der Waals surface area (Å²) in [6, 6.07) is 9.00. The van der Waals surface area contributed by atoms with Crippen LogP contribution in [-0.4, -0.2) is 27.2 Å². The van der Waals surface area contributed by atoms with Gasteiger partial charge in [-0.3, -0.25) is 24.5 Å². The Labute approximate surface area is 114 Å². The molecule has 1 aliphatic heterocycles. The third-order valence-electron chi connectivity index (χ3n) is 2.84. The van der Waals surface area contributed by atoms with Crippen LogP contribution in [0.15, 0.2) is 60.0 Å². The molecule has 0 bridgehead atoms. The normalized spacial score (nSPS) is 14.3. The van der Waals surface area contributed by atoms with Gasteiger partial charge in [-0.1, -0.05) is 6.07 Å². The summed E-state index contributed by atoms with van der Waals surface area (Å²) in [4.78, 5) is 35.8. The van der Waals surface area contributed by atoms with Crippen LogP contribution in [0.4, 0.5) is 0 Å². The summed E-state index contributed by atoms with van der Waals surface area (Å²) in [6.07, 6.45) is 5.67. The van der Waals surface area contributed by atoms with Crippen LogP contribution < -0.4 is 0 Å². The molecule has 2 aromatic rings. The number of hydrogen-bond acceptors (Lipinski definition) is 5. The van der Waals surface area contributed by atoms with Crippen molar-refractivity contribution >= 4 is 17.3 Å². The molecule has 96 valence electrons. The van der Waals surface area contributed by atoms with Crippen molar-refractivity contribution in [3.63, 3.8) is 0 Å². The Morgan fingerprint density at radius 3 is 2.55 bits per heavy atom. The van der Waals surface area contributed by atoms with Gasteiger partial charge >= 0.3 is 0 Å². The fraction of sp³-hybridized carbons (Fsp3) is 0. The number of allylic oxidation sites excluding steroid dienone is 1. The molecule has 0 saturated heterocycles. The number of aliphatic imine (C=N–C) groups is 1. The molecule has 0 N–H and O–H groups in total. The minimum Gasteiger partial charge on any atom is -0.285 e. The zero-order valence-electron chi connectivity index (χ0n) is 10.4. The highest BCUT2D eigenvalue weighted by Crippen LogP contribution is 2.21. The van der Waals surface area contributed by atoms with Crippen LogP contribution in [0.25, 0.3) is 11.3 Å². The number of nitrogens with zero attached hydrogens (tertiary/aromatic N) is 3. The van der Waals surface area contributed by atoms with Gasteiger partial charge in [-0.2, -0.15) is 0 Å². The topological polar surface area (TPSA) is 72.3 Å². The third-order valence-corrected chi connectivity index (χ3v) is 2.84. The SMILES string of the molecule is O=C1C=CN=C(c2ncccc2-c2ccccn2)C1=O. The lowest BCUT2D eigenvalue weighted by atomic mass is 10.0. The van der Waals surface area contributed by atoms with E-state index in [1.807, 2.05) is 12.1 Å². The van der Waals surface area contributed by atoms with E-state index in [0.29, 0.717) is 17.0 Å². The first-order chi connectivity index (χ1) is 9.77. The largest absolute Gasteiger partial charge is 0.285 e. The lowest BCUT2D eigenvalue weighted by Crippen LogP contribution is -2.26. The van der Waals surface area contributed by atoms with E-state index in [1.165, 1.54) is 6.20 Å². The molecule has 0 radical (unpaired) electrons. The summed E-state index contributed by atoms with van der Waals surface area (Å²) < 4.78 is 0. The van der Waals surface area contributed by atoms with Gasteiger partial charge in [0.2, 0.25) is 5.78 Å². The van der Waals surface area contributed by atoms with Crippen molar-refractivity contribution < 1.29 is 9.59 Å². The van der Waals surface area contributed by atoms with Gasteiger partial charge in [0.1, 0.15) is 11.4 Å². The van der Waals surface area contributed by atoms with Crippen molar-refractivity contribution in [3.8, 4) is 11.3 Å². The van der Waals surface area contributed by atoms with Crippen LogP contribution in [0.2, 0.25) is 0 Å². The second-order valence-electron chi connectivity index (χ2n) is 4.10. The second kappa shape index (κ2) is 4.97. The summed E-state index contributed by atoms with van der Waals surface area (Å²) in [5.74, 6) is -1.24. The smallest absolute Gasteiger partial charge is 0.253 e. The standard InChI is InChI=1S/C15H9N3O2/c19-12-6-9-18-14(15(12)20)13-10(4-3-8-17-13)11-5-1-2-7-16-11/h1-9H. The Morgan fingerprint density at radius 1 is 0.900 bits per heavy atom. The molecular formula is C15H9N3O2. The molecule has 0 fully saturated rings. The molecule has 2 aromatic heterocycles. The molecule has 3 rings (SSSR count). The predicted molar refractivity (Wildman–Crippen MR) is 73.2 cm³/mol. The Bertz CT molecular complexity index is 749. The summed E-state index contributed by atoms with van der Waals surface area (Å²) in [6.45, 7) is 0. The van der Waals surface area contributed by atoms with Crippen molar-refractivity contribution in [1.82, 2.24) is 9.97 Å². The van der Waals surface area contributed by atoms with Gasteiger partial charge in [0.25, 0.3) is 5.78 Å². The number of carbonyl (C=O) groups is 2. The molecule has 0 amide bonds. The molecule has 0 saturated carbocycles. The first-order valence-electron chi connectivity index (χ1n) is 5.97. The monoisotopic (exact) mass is 263 g/mol. The maximum absolute atomic E-state index is 11.9. The number of Topliss-reactive ketones (excluding diaryl/α,β-unsaturated/α-hetero) is 1. The van der Waals surface area contributed by atoms with E-state index in [2.05, 4.69) is 15.0 Å². The molecular weight excluding hydrogens is 254 g/mol. The second-order valence-corrected chi connectivity index (χ2v) is 4.10. The summed E-state index contributed by atoms with van der Waals surface area (Å²) in [7, 11) is 0. The highest BCUT2D eigenvalue weighted by atomic mass is 16.2. The Hall–Kier alpha value is -2.95. The van der Waals surface area contributed by atoms with Crippen LogP contribution in [0, 0.1) is 0 Å². The van der Waals surface area contributed by atoms with Crippen molar-refractivity contribution in [2.75, 3.05) is 0 Å². The summed E-state index contributed by atoms with van der Waals surface area (Å²) >= 11 is 0. The highest BCUT2D eigenvalue weighted by Gasteiger charge is 2.25. The number of rotatable bonds is 2. The van der Waals surface area contributed by atoms with Gasteiger partial charge in [-0.05, 0) is 24.3 Å². The van der Waals surface area contributed by atoms with E-state index in [-0.39, 0.29) is 5.71 Å². The van der Waals surface area contributed by atoms with E-state index < -0.39 is 11.6 Å². The fourth-order valence-electron chi connectivity index (χ4n) is 1.92. The van der Waals surface area contributed by atoms with Crippen molar-refractivity contribution in [3.05, 3.63) is 60.7 Å². The first-order valence-corrected chi connectivity index (χ1v) is 5.97. The number of carbonyl (C=O) groups excluding carboxylic acids is 2. The lowest BCUT2D eigenvalue weighted by molar-refractivity contribution is -0.129. The van der Waals surface area contributed by atoms with E-state index in [0.717, 1.165) is 6.08 Å². The summed E-state index contributed by atoms with van der Waals surface area (Å²) in [5.41, 5.74) is 1.77. The van der Waals surface area contributed by atoms with Crippen molar-refractivity contribution in [2.45, 2.75) is 0 Å². The van der Waals surface area contributed by atoms with Crippen molar-refractivity contribution in [2.24, 2.45) is 4.99 Å².